The maximum atomic E-state index is 12.7. The molecule has 3 aromatic rings. The lowest BCUT2D eigenvalue weighted by molar-refractivity contribution is 0.0458. The number of pyridine rings is 1. The second-order valence-electron chi connectivity index (χ2n) is 8.33. The van der Waals surface area contributed by atoms with Crippen molar-refractivity contribution in [2.75, 3.05) is 13.1 Å². The van der Waals surface area contributed by atoms with Crippen molar-refractivity contribution in [3.05, 3.63) is 70.4 Å². The molecular formula is C21H24N4O2. The van der Waals surface area contributed by atoms with Gasteiger partial charge in [0.15, 0.2) is 0 Å². The van der Waals surface area contributed by atoms with Gasteiger partial charge < -0.3 is 9.30 Å². The highest BCUT2D eigenvalue weighted by Gasteiger charge is 2.32. The number of carbonyl (C=O) groups excluding carboxylic acids is 1. The van der Waals surface area contributed by atoms with Crippen molar-refractivity contribution in [2.45, 2.75) is 32.7 Å². The van der Waals surface area contributed by atoms with E-state index in [0.717, 1.165) is 11.2 Å². The van der Waals surface area contributed by atoms with E-state index in [4.69, 9.17) is 0 Å². The summed E-state index contributed by atoms with van der Waals surface area (Å²) in [6.07, 6.45) is 3.80. The van der Waals surface area contributed by atoms with Gasteiger partial charge in [0.2, 0.25) is 0 Å². The van der Waals surface area contributed by atoms with Crippen LogP contribution in [0, 0.1) is 5.92 Å². The number of likely N-dealkylation sites (tertiary alicyclic amines) is 1. The Kier molecular flexibility index (Phi) is 4.13. The van der Waals surface area contributed by atoms with Crippen LogP contribution in [0.5, 0.6) is 0 Å². The number of hydrogen-bond acceptors (Lipinski definition) is 3. The standard InChI is InChI=1S/C21H24N4O2/c1-21(2,3)18-7-8-19(26)25(22-18)13-15-11-24(12-15)20(27)16-10-17-6-4-5-9-23(17)14-16/h4-10,14-15H,11-13H2,1-3H3. The lowest BCUT2D eigenvalue weighted by Crippen LogP contribution is -2.52. The Bertz CT molecular complexity index is 1020. The first-order chi connectivity index (χ1) is 12.8. The number of hydrogen-bond donors (Lipinski definition) is 0. The average molecular weight is 364 g/mol. The lowest BCUT2D eigenvalue weighted by atomic mass is 9.92. The van der Waals surface area contributed by atoms with Gasteiger partial charge in [-0.15, -0.1) is 0 Å². The van der Waals surface area contributed by atoms with Crippen LogP contribution in [0.25, 0.3) is 5.52 Å². The fourth-order valence-electron chi connectivity index (χ4n) is 3.43. The molecule has 3 aromatic heterocycles. The van der Waals surface area contributed by atoms with E-state index in [1.807, 2.05) is 46.0 Å². The zero-order chi connectivity index (χ0) is 19.2. The van der Waals surface area contributed by atoms with Gasteiger partial charge in [-0.3, -0.25) is 9.59 Å². The van der Waals surface area contributed by atoms with E-state index in [1.54, 1.807) is 16.8 Å². The molecule has 1 amide bonds. The van der Waals surface area contributed by atoms with Crippen LogP contribution >= 0.6 is 0 Å². The van der Waals surface area contributed by atoms with Crippen LogP contribution in [0.15, 0.2) is 53.6 Å². The summed E-state index contributed by atoms with van der Waals surface area (Å²) in [6, 6.07) is 11.2. The molecule has 6 heteroatoms. The molecule has 140 valence electrons. The molecule has 0 saturated carbocycles. The SMILES string of the molecule is CC(C)(C)c1ccc(=O)n(CC2CN(C(=O)c3cc4ccccn4c3)C2)n1. The molecule has 6 nitrogen and oxygen atoms in total. The molecule has 1 saturated heterocycles. The predicted molar refractivity (Wildman–Crippen MR) is 104 cm³/mol. The van der Waals surface area contributed by atoms with Gasteiger partial charge >= 0.3 is 0 Å². The van der Waals surface area contributed by atoms with Gasteiger partial charge in [0.1, 0.15) is 0 Å². The van der Waals surface area contributed by atoms with Crippen LogP contribution in [-0.2, 0) is 12.0 Å². The first-order valence-corrected chi connectivity index (χ1v) is 9.26. The van der Waals surface area contributed by atoms with E-state index in [-0.39, 0.29) is 22.8 Å². The van der Waals surface area contributed by atoms with Crippen LogP contribution in [0.2, 0.25) is 0 Å². The van der Waals surface area contributed by atoms with E-state index in [2.05, 4.69) is 25.9 Å². The molecule has 0 atom stereocenters. The summed E-state index contributed by atoms with van der Waals surface area (Å²) >= 11 is 0. The first-order valence-electron chi connectivity index (χ1n) is 9.26. The van der Waals surface area contributed by atoms with E-state index >= 15 is 0 Å². The number of nitrogens with zero attached hydrogens (tertiary/aromatic N) is 4. The monoisotopic (exact) mass is 364 g/mol. The number of amides is 1. The molecule has 1 aliphatic rings. The summed E-state index contributed by atoms with van der Waals surface area (Å²) < 4.78 is 3.49. The Morgan fingerprint density at radius 2 is 1.96 bits per heavy atom. The Morgan fingerprint density at radius 1 is 1.19 bits per heavy atom. The maximum Gasteiger partial charge on any atom is 0.266 e. The van der Waals surface area contributed by atoms with Crippen LogP contribution < -0.4 is 5.56 Å². The minimum atomic E-state index is -0.103. The van der Waals surface area contributed by atoms with Crippen molar-refractivity contribution in [3.8, 4) is 0 Å². The van der Waals surface area contributed by atoms with Gasteiger partial charge in [-0.25, -0.2) is 4.68 Å². The van der Waals surface area contributed by atoms with Gasteiger partial charge in [0, 0.05) is 48.4 Å². The van der Waals surface area contributed by atoms with E-state index < -0.39 is 0 Å². The zero-order valence-corrected chi connectivity index (χ0v) is 15.9. The number of aromatic nitrogens is 3. The molecule has 0 spiro atoms. The van der Waals surface area contributed by atoms with Gasteiger partial charge in [0.25, 0.3) is 11.5 Å². The summed E-state index contributed by atoms with van der Waals surface area (Å²) in [4.78, 5) is 26.6. The fourth-order valence-corrected chi connectivity index (χ4v) is 3.43. The first kappa shape index (κ1) is 17.5. The summed E-state index contributed by atoms with van der Waals surface area (Å²) in [6.45, 7) is 8.09. The second-order valence-corrected chi connectivity index (χ2v) is 8.33. The van der Waals surface area contributed by atoms with Crippen LogP contribution in [0.4, 0.5) is 0 Å². The molecule has 1 aliphatic heterocycles. The summed E-state index contributed by atoms with van der Waals surface area (Å²) in [5.74, 6) is 0.296. The van der Waals surface area contributed by atoms with Gasteiger partial charge in [-0.1, -0.05) is 26.8 Å². The van der Waals surface area contributed by atoms with Crippen molar-refractivity contribution < 1.29 is 4.79 Å². The van der Waals surface area contributed by atoms with Crippen molar-refractivity contribution in [1.82, 2.24) is 19.1 Å². The maximum absolute atomic E-state index is 12.7. The minimum absolute atomic E-state index is 0.0405. The molecular weight excluding hydrogens is 340 g/mol. The highest BCUT2D eigenvalue weighted by molar-refractivity contribution is 5.96. The highest BCUT2D eigenvalue weighted by atomic mass is 16.2. The molecule has 4 heterocycles. The Balaban J connectivity index is 1.42. The highest BCUT2D eigenvalue weighted by Crippen LogP contribution is 2.22. The molecule has 0 aromatic carbocycles. The third kappa shape index (κ3) is 3.39. The molecule has 0 unspecified atom stereocenters. The van der Waals surface area contributed by atoms with Crippen LogP contribution in [0.1, 0.15) is 36.8 Å². The smallest absolute Gasteiger partial charge is 0.266 e. The third-order valence-electron chi connectivity index (χ3n) is 5.06. The zero-order valence-electron chi connectivity index (χ0n) is 15.9. The number of rotatable bonds is 3. The van der Waals surface area contributed by atoms with Crippen molar-refractivity contribution in [3.63, 3.8) is 0 Å². The second kappa shape index (κ2) is 6.37. The quantitative estimate of drug-likeness (QED) is 0.718. The Labute approximate surface area is 158 Å². The lowest BCUT2D eigenvalue weighted by Gasteiger charge is -2.39. The van der Waals surface area contributed by atoms with Crippen molar-refractivity contribution >= 4 is 11.4 Å². The van der Waals surface area contributed by atoms with Gasteiger partial charge in [-0.05, 0) is 24.3 Å². The number of carbonyl (C=O) groups is 1. The average Bonchev–Trinajstić information content (AvgIpc) is 3.01. The molecule has 4 rings (SSSR count). The molecule has 0 bridgehead atoms. The van der Waals surface area contributed by atoms with Crippen LogP contribution in [0.3, 0.4) is 0 Å². The molecule has 0 radical (unpaired) electrons. The van der Waals surface area contributed by atoms with Gasteiger partial charge in [0.05, 0.1) is 17.8 Å². The summed E-state index contributed by atoms with van der Waals surface area (Å²) in [7, 11) is 0. The normalized spacial score (nSPS) is 15.1. The minimum Gasteiger partial charge on any atom is -0.338 e. The molecule has 1 fully saturated rings. The van der Waals surface area contributed by atoms with E-state index in [0.29, 0.717) is 25.2 Å². The molecule has 0 N–H and O–H groups in total. The third-order valence-corrected chi connectivity index (χ3v) is 5.06. The van der Waals surface area contributed by atoms with Crippen molar-refractivity contribution in [2.24, 2.45) is 5.92 Å². The summed E-state index contributed by atoms with van der Waals surface area (Å²) in [5.41, 5.74) is 2.41. The fraction of sp³-hybridized carbons (Fsp3) is 0.381. The Hall–Kier alpha value is -2.89. The summed E-state index contributed by atoms with van der Waals surface area (Å²) in [5, 5.41) is 4.52. The predicted octanol–water partition coefficient (Wildman–Crippen LogP) is 2.57. The topological polar surface area (TPSA) is 59.6 Å². The van der Waals surface area contributed by atoms with E-state index in [9.17, 15) is 9.59 Å². The van der Waals surface area contributed by atoms with Crippen molar-refractivity contribution in [1.29, 1.82) is 0 Å². The van der Waals surface area contributed by atoms with E-state index in [1.165, 1.54) is 0 Å². The van der Waals surface area contributed by atoms with Gasteiger partial charge in [-0.2, -0.15) is 5.10 Å². The van der Waals surface area contributed by atoms with Crippen LogP contribution in [-0.4, -0.2) is 38.1 Å². The largest absolute Gasteiger partial charge is 0.338 e. The molecule has 27 heavy (non-hydrogen) atoms. The number of fused-ring (bicyclic) bond motifs is 1. The Morgan fingerprint density at radius 3 is 2.67 bits per heavy atom. The molecule has 0 aliphatic carbocycles.